The molecule has 0 radical (unpaired) electrons. The van der Waals surface area contributed by atoms with E-state index >= 15 is 0 Å². The molecule has 0 aromatic heterocycles. The fourth-order valence-corrected chi connectivity index (χ4v) is 2.64. The van der Waals surface area contributed by atoms with Crippen molar-refractivity contribution in [3.8, 4) is 0 Å². The fraction of sp³-hybridized carbons (Fsp3) is 0.571. The van der Waals surface area contributed by atoms with E-state index in [-0.39, 0.29) is 6.61 Å². The summed E-state index contributed by atoms with van der Waals surface area (Å²) in [4.78, 5) is 4.74. The minimum atomic E-state index is 0.122. The molecular formula is C14H22N2O. The molecule has 1 fully saturated rings. The highest BCUT2D eigenvalue weighted by molar-refractivity contribution is 5.49. The average Bonchev–Trinajstić information content (AvgIpc) is 2.71. The molecule has 2 atom stereocenters. The first kappa shape index (κ1) is 12.4. The van der Waals surface area contributed by atoms with E-state index in [0.29, 0.717) is 12.0 Å². The zero-order valence-corrected chi connectivity index (χ0v) is 10.9. The number of hydrogen-bond donors (Lipinski definition) is 1. The number of rotatable bonds is 3. The Hall–Kier alpha value is -1.06. The zero-order valence-electron chi connectivity index (χ0n) is 10.9. The van der Waals surface area contributed by atoms with Crippen molar-refractivity contribution in [2.75, 3.05) is 32.1 Å². The first-order chi connectivity index (χ1) is 8.11. The molecule has 1 aliphatic rings. The summed E-state index contributed by atoms with van der Waals surface area (Å²) in [5.74, 6) is 0.697. The van der Waals surface area contributed by atoms with Crippen molar-refractivity contribution in [1.29, 1.82) is 0 Å². The van der Waals surface area contributed by atoms with Gasteiger partial charge in [-0.05, 0) is 37.7 Å². The Morgan fingerprint density at radius 2 is 1.88 bits per heavy atom. The van der Waals surface area contributed by atoms with Crippen molar-refractivity contribution in [3.05, 3.63) is 29.8 Å². The van der Waals surface area contributed by atoms with E-state index in [9.17, 15) is 0 Å². The summed E-state index contributed by atoms with van der Waals surface area (Å²) in [5.41, 5.74) is 2.24. The lowest BCUT2D eigenvalue weighted by Crippen LogP contribution is -2.34. The van der Waals surface area contributed by atoms with E-state index in [4.69, 9.17) is 5.11 Å². The van der Waals surface area contributed by atoms with Crippen LogP contribution in [0.25, 0.3) is 0 Å². The first-order valence-corrected chi connectivity index (χ1v) is 6.23. The van der Waals surface area contributed by atoms with Crippen LogP contribution in [0.5, 0.6) is 0 Å². The molecule has 2 rings (SSSR count). The Bertz CT molecular complexity index is 361. The number of nitrogens with zero attached hydrogens (tertiary/aromatic N) is 2. The highest BCUT2D eigenvalue weighted by Gasteiger charge is 2.30. The molecule has 17 heavy (non-hydrogen) atoms. The van der Waals surface area contributed by atoms with Crippen LogP contribution in [0.3, 0.4) is 0 Å². The maximum atomic E-state index is 9.03. The Balaban J connectivity index is 2.08. The molecule has 1 heterocycles. The predicted octanol–water partition coefficient (Wildman–Crippen LogP) is 1.57. The van der Waals surface area contributed by atoms with Gasteiger partial charge in [0.25, 0.3) is 0 Å². The summed E-state index contributed by atoms with van der Waals surface area (Å²) >= 11 is 0. The summed E-state index contributed by atoms with van der Waals surface area (Å²) in [6, 6.07) is 8.85. The van der Waals surface area contributed by atoms with Gasteiger partial charge in [-0.1, -0.05) is 19.1 Å². The van der Waals surface area contributed by atoms with Crippen molar-refractivity contribution in [3.63, 3.8) is 0 Å². The molecule has 0 saturated carbocycles. The number of benzene rings is 1. The Morgan fingerprint density at radius 1 is 1.24 bits per heavy atom. The van der Waals surface area contributed by atoms with Gasteiger partial charge in [-0.15, -0.1) is 0 Å². The van der Waals surface area contributed by atoms with Crippen LogP contribution in [0.4, 0.5) is 5.69 Å². The third-order valence-electron chi connectivity index (χ3n) is 3.72. The molecule has 1 aliphatic heterocycles. The molecular weight excluding hydrogens is 212 g/mol. The number of aliphatic hydroxyl groups excluding tert-OH is 1. The highest BCUT2D eigenvalue weighted by Crippen LogP contribution is 2.26. The molecule has 0 aliphatic carbocycles. The molecule has 1 aromatic rings. The van der Waals surface area contributed by atoms with Crippen LogP contribution >= 0.6 is 0 Å². The standard InChI is InChI=1S/C14H22N2O/c1-11-8-16(9-14(11)15(2)3)13-6-4-12(10-17)5-7-13/h4-7,11,14,17H,8-10H2,1-3H3. The van der Waals surface area contributed by atoms with Crippen LogP contribution in [-0.4, -0.2) is 43.2 Å². The largest absolute Gasteiger partial charge is 0.392 e. The van der Waals surface area contributed by atoms with E-state index in [1.165, 1.54) is 5.69 Å². The second-order valence-corrected chi connectivity index (χ2v) is 5.24. The predicted molar refractivity (Wildman–Crippen MR) is 71.2 cm³/mol. The molecule has 0 spiro atoms. The van der Waals surface area contributed by atoms with Gasteiger partial charge in [-0.2, -0.15) is 0 Å². The van der Waals surface area contributed by atoms with Gasteiger partial charge in [-0.25, -0.2) is 0 Å². The van der Waals surface area contributed by atoms with Gasteiger partial charge < -0.3 is 14.9 Å². The van der Waals surface area contributed by atoms with E-state index in [2.05, 4.69) is 43.0 Å². The third-order valence-corrected chi connectivity index (χ3v) is 3.72. The van der Waals surface area contributed by atoms with Crippen LogP contribution in [0.2, 0.25) is 0 Å². The minimum Gasteiger partial charge on any atom is -0.392 e. The zero-order chi connectivity index (χ0) is 12.4. The van der Waals surface area contributed by atoms with E-state index < -0.39 is 0 Å². The van der Waals surface area contributed by atoms with E-state index in [0.717, 1.165) is 18.7 Å². The maximum absolute atomic E-state index is 9.03. The second kappa shape index (κ2) is 5.07. The average molecular weight is 234 g/mol. The lowest BCUT2D eigenvalue weighted by atomic mass is 10.1. The van der Waals surface area contributed by atoms with Gasteiger partial charge >= 0.3 is 0 Å². The molecule has 1 aromatic carbocycles. The molecule has 0 bridgehead atoms. The number of hydrogen-bond acceptors (Lipinski definition) is 3. The van der Waals surface area contributed by atoms with Crippen molar-refractivity contribution >= 4 is 5.69 Å². The lowest BCUT2D eigenvalue weighted by Gasteiger charge is -2.23. The first-order valence-electron chi connectivity index (χ1n) is 6.23. The molecule has 3 nitrogen and oxygen atoms in total. The summed E-state index contributed by atoms with van der Waals surface area (Å²) in [6.07, 6.45) is 0. The smallest absolute Gasteiger partial charge is 0.0681 e. The molecule has 2 unspecified atom stereocenters. The van der Waals surface area contributed by atoms with Crippen molar-refractivity contribution in [2.45, 2.75) is 19.6 Å². The van der Waals surface area contributed by atoms with Crippen LogP contribution in [0.1, 0.15) is 12.5 Å². The summed E-state index contributed by atoms with van der Waals surface area (Å²) in [5, 5.41) is 9.03. The topological polar surface area (TPSA) is 26.7 Å². The van der Waals surface area contributed by atoms with Crippen LogP contribution in [0, 0.1) is 5.92 Å². The fourth-order valence-electron chi connectivity index (χ4n) is 2.64. The number of anilines is 1. The summed E-state index contributed by atoms with van der Waals surface area (Å²) in [7, 11) is 4.30. The van der Waals surface area contributed by atoms with Crippen LogP contribution in [0.15, 0.2) is 24.3 Å². The van der Waals surface area contributed by atoms with Crippen molar-refractivity contribution < 1.29 is 5.11 Å². The SMILES string of the molecule is CC1CN(c2ccc(CO)cc2)CC1N(C)C. The van der Waals surface area contributed by atoms with E-state index in [1.807, 2.05) is 12.1 Å². The van der Waals surface area contributed by atoms with Gasteiger partial charge in [0.1, 0.15) is 0 Å². The summed E-state index contributed by atoms with van der Waals surface area (Å²) in [6.45, 7) is 4.64. The number of likely N-dealkylation sites (N-methyl/N-ethyl adjacent to an activating group) is 1. The molecule has 94 valence electrons. The molecule has 0 amide bonds. The minimum absolute atomic E-state index is 0.122. The van der Waals surface area contributed by atoms with Crippen LogP contribution < -0.4 is 4.90 Å². The van der Waals surface area contributed by atoms with Gasteiger partial charge in [0, 0.05) is 24.8 Å². The van der Waals surface area contributed by atoms with Crippen molar-refractivity contribution in [2.24, 2.45) is 5.92 Å². The van der Waals surface area contributed by atoms with Gasteiger partial charge in [0.05, 0.1) is 6.61 Å². The van der Waals surface area contributed by atoms with Crippen LogP contribution in [-0.2, 0) is 6.61 Å². The maximum Gasteiger partial charge on any atom is 0.0681 e. The third kappa shape index (κ3) is 2.61. The van der Waals surface area contributed by atoms with E-state index in [1.54, 1.807) is 0 Å². The molecule has 1 saturated heterocycles. The Labute approximate surface area is 104 Å². The summed E-state index contributed by atoms with van der Waals surface area (Å²) < 4.78 is 0. The van der Waals surface area contributed by atoms with Crippen molar-refractivity contribution in [1.82, 2.24) is 4.90 Å². The number of aliphatic hydroxyl groups is 1. The lowest BCUT2D eigenvalue weighted by molar-refractivity contribution is 0.266. The molecule has 3 heteroatoms. The highest BCUT2D eigenvalue weighted by atomic mass is 16.3. The van der Waals surface area contributed by atoms with Gasteiger partial charge in [-0.3, -0.25) is 0 Å². The second-order valence-electron chi connectivity index (χ2n) is 5.24. The Morgan fingerprint density at radius 3 is 2.35 bits per heavy atom. The molecule has 1 N–H and O–H groups in total. The van der Waals surface area contributed by atoms with Gasteiger partial charge in [0.15, 0.2) is 0 Å². The van der Waals surface area contributed by atoms with Gasteiger partial charge in [0.2, 0.25) is 0 Å². The Kier molecular flexibility index (Phi) is 3.69. The monoisotopic (exact) mass is 234 g/mol. The quantitative estimate of drug-likeness (QED) is 0.860. The normalized spacial score (nSPS) is 24.6.